The van der Waals surface area contributed by atoms with Gasteiger partial charge in [0.25, 0.3) is 0 Å². The Hall–Kier alpha value is -2.69. The molecule has 4 rings (SSSR count). The van der Waals surface area contributed by atoms with Gasteiger partial charge in [0.15, 0.2) is 0 Å². The quantitative estimate of drug-likeness (QED) is 0.576. The first-order valence-electron chi connectivity index (χ1n) is 10.6. The fourth-order valence-corrected chi connectivity index (χ4v) is 3.83. The summed E-state index contributed by atoms with van der Waals surface area (Å²) in [6.45, 7) is 5.58. The monoisotopic (exact) mass is 386 g/mol. The average Bonchev–Trinajstić information content (AvgIpc) is 3.30. The maximum Gasteiger partial charge on any atom is 0.0566 e. The molecule has 1 fully saturated rings. The minimum atomic E-state index is 0.780. The van der Waals surface area contributed by atoms with Crippen molar-refractivity contribution in [3.63, 3.8) is 0 Å². The average molecular weight is 387 g/mol. The molecule has 4 nitrogen and oxygen atoms in total. The van der Waals surface area contributed by atoms with Crippen molar-refractivity contribution in [2.75, 3.05) is 18.0 Å². The van der Waals surface area contributed by atoms with Gasteiger partial charge >= 0.3 is 0 Å². The van der Waals surface area contributed by atoms with Gasteiger partial charge in [0, 0.05) is 45.0 Å². The van der Waals surface area contributed by atoms with Crippen molar-refractivity contribution in [3.8, 4) is 0 Å². The molecule has 3 aromatic rings. The molecule has 2 aromatic carbocycles. The Morgan fingerprint density at radius 3 is 1.62 bits per heavy atom. The zero-order valence-electron chi connectivity index (χ0n) is 17.0. The largest absolute Gasteiger partial charge is 0.371 e. The van der Waals surface area contributed by atoms with Gasteiger partial charge in [-0.15, -0.1) is 0 Å². The number of benzene rings is 2. The summed E-state index contributed by atoms with van der Waals surface area (Å²) in [6, 6.07) is 25.6. The third-order valence-electron chi connectivity index (χ3n) is 5.34. The first kappa shape index (κ1) is 19.6. The van der Waals surface area contributed by atoms with Gasteiger partial charge in [-0.3, -0.25) is 4.98 Å². The predicted octanol–water partition coefficient (Wildman–Crippen LogP) is 4.26. The summed E-state index contributed by atoms with van der Waals surface area (Å²) in [4.78, 5) is 7.40. The van der Waals surface area contributed by atoms with Crippen LogP contribution in [0.15, 0.2) is 72.8 Å². The van der Waals surface area contributed by atoms with Gasteiger partial charge in [-0.05, 0) is 36.1 Å². The topological polar surface area (TPSA) is 40.2 Å². The van der Waals surface area contributed by atoms with Crippen LogP contribution in [-0.4, -0.2) is 18.1 Å². The van der Waals surface area contributed by atoms with E-state index in [1.165, 1.54) is 29.7 Å². The minimum absolute atomic E-state index is 0.780. The second-order valence-corrected chi connectivity index (χ2v) is 7.68. The van der Waals surface area contributed by atoms with Crippen molar-refractivity contribution in [1.82, 2.24) is 15.6 Å². The molecule has 0 spiro atoms. The Morgan fingerprint density at radius 1 is 0.655 bits per heavy atom. The van der Waals surface area contributed by atoms with Crippen LogP contribution in [0.3, 0.4) is 0 Å². The molecule has 1 aliphatic rings. The number of hydrogen-bond acceptors (Lipinski definition) is 4. The van der Waals surface area contributed by atoms with Gasteiger partial charge in [-0.1, -0.05) is 60.7 Å². The number of pyridine rings is 1. The van der Waals surface area contributed by atoms with E-state index in [0.717, 1.165) is 50.7 Å². The molecule has 0 bridgehead atoms. The van der Waals surface area contributed by atoms with Gasteiger partial charge in [-0.25, -0.2) is 0 Å². The van der Waals surface area contributed by atoms with Crippen molar-refractivity contribution in [2.45, 2.75) is 39.0 Å². The Labute approximate surface area is 174 Å². The molecule has 0 amide bonds. The highest BCUT2D eigenvalue weighted by molar-refractivity contribution is 5.49. The standard InChI is InChI=1S/C25H30N4/c1-3-9-21(10-4-1)17-26-19-23-15-25(29-13-7-8-14-29)16-24(28-23)20-27-18-22-11-5-2-6-12-22/h1-6,9-12,15-16,26-27H,7-8,13-14,17-20H2. The summed E-state index contributed by atoms with van der Waals surface area (Å²) >= 11 is 0. The van der Waals surface area contributed by atoms with E-state index >= 15 is 0 Å². The predicted molar refractivity (Wildman–Crippen MR) is 120 cm³/mol. The summed E-state index contributed by atoms with van der Waals surface area (Å²) in [5, 5.41) is 7.09. The van der Waals surface area contributed by atoms with Crippen LogP contribution in [0.2, 0.25) is 0 Å². The summed E-state index contributed by atoms with van der Waals surface area (Å²) in [6.07, 6.45) is 2.57. The van der Waals surface area contributed by atoms with Gasteiger partial charge in [0.1, 0.15) is 0 Å². The zero-order valence-corrected chi connectivity index (χ0v) is 17.0. The van der Waals surface area contributed by atoms with E-state index in [-0.39, 0.29) is 0 Å². The van der Waals surface area contributed by atoms with Crippen molar-refractivity contribution in [1.29, 1.82) is 0 Å². The van der Waals surface area contributed by atoms with E-state index in [0.29, 0.717) is 0 Å². The van der Waals surface area contributed by atoms with Gasteiger partial charge in [0.05, 0.1) is 11.4 Å². The van der Waals surface area contributed by atoms with Crippen LogP contribution in [0, 0.1) is 0 Å². The van der Waals surface area contributed by atoms with E-state index in [4.69, 9.17) is 4.98 Å². The second-order valence-electron chi connectivity index (χ2n) is 7.68. The molecule has 4 heteroatoms. The molecule has 2 N–H and O–H groups in total. The molecule has 1 aromatic heterocycles. The highest BCUT2D eigenvalue weighted by Crippen LogP contribution is 2.22. The summed E-state index contributed by atoms with van der Waals surface area (Å²) in [5.74, 6) is 0. The van der Waals surface area contributed by atoms with E-state index in [1.54, 1.807) is 0 Å². The molecule has 2 heterocycles. The highest BCUT2D eigenvalue weighted by Gasteiger charge is 2.14. The molecular weight excluding hydrogens is 356 g/mol. The lowest BCUT2D eigenvalue weighted by molar-refractivity contribution is 0.654. The maximum absolute atomic E-state index is 4.92. The third kappa shape index (κ3) is 5.89. The van der Waals surface area contributed by atoms with Crippen LogP contribution in [0.25, 0.3) is 0 Å². The molecular formula is C25H30N4. The Balaban J connectivity index is 1.40. The van der Waals surface area contributed by atoms with Crippen LogP contribution in [0.1, 0.15) is 35.4 Å². The SMILES string of the molecule is c1ccc(CNCc2cc(N3CCCC3)cc(CNCc3ccccc3)n2)cc1. The smallest absolute Gasteiger partial charge is 0.0566 e. The van der Waals surface area contributed by atoms with Gasteiger partial charge in [-0.2, -0.15) is 0 Å². The molecule has 1 aliphatic heterocycles. The number of anilines is 1. The summed E-state index contributed by atoms with van der Waals surface area (Å²) < 4.78 is 0. The third-order valence-corrected chi connectivity index (χ3v) is 5.34. The zero-order chi connectivity index (χ0) is 19.7. The van der Waals surface area contributed by atoms with Crippen LogP contribution in [-0.2, 0) is 26.2 Å². The normalized spacial score (nSPS) is 13.7. The highest BCUT2D eigenvalue weighted by atomic mass is 15.1. The molecule has 150 valence electrons. The fourth-order valence-electron chi connectivity index (χ4n) is 3.83. The Kier molecular flexibility index (Phi) is 6.89. The van der Waals surface area contributed by atoms with Crippen molar-refractivity contribution in [3.05, 3.63) is 95.3 Å². The first-order valence-corrected chi connectivity index (χ1v) is 10.6. The number of aromatic nitrogens is 1. The molecule has 0 atom stereocenters. The second kappa shape index (κ2) is 10.2. The first-order chi connectivity index (χ1) is 14.4. The van der Waals surface area contributed by atoms with Crippen LogP contribution >= 0.6 is 0 Å². The minimum Gasteiger partial charge on any atom is -0.371 e. The van der Waals surface area contributed by atoms with Crippen LogP contribution in [0.5, 0.6) is 0 Å². The summed E-state index contributed by atoms with van der Waals surface area (Å²) in [5.41, 5.74) is 6.13. The molecule has 0 unspecified atom stereocenters. The molecule has 1 saturated heterocycles. The lowest BCUT2D eigenvalue weighted by Crippen LogP contribution is -2.21. The fraction of sp³-hybridized carbons (Fsp3) is 0.320. The maximum atomic E-state index is 4.92. The number of nitrogens with zero attached hydrogens (tertiary/aromatic N) is 2. The summed E-state index contributed by atoms with van der Waals surface area (Å²) in [7, 11) is 0. The molecule has 0 aliphatic carbocycles. The van der Waals surface area contributed by atoms with Crippen molar-refractivity contribution in [2.24, 2.45) is 0 Å². The van der Waals surface area contributed by atoms with E-state index in [9.17, 15) is 0 Å². The number of rotatable bonds is 9. The lowest BCUT2D eigenvalue weighted by atomic mass is 10.2. The Bertz CT molecular complexity index is 810. The van der Waals surface area contributed by atoms with Gasteiger partial charge < -0.3 is 15.5 Å². The van der Waals surface area contributed by atoms with E-state index < -0.39 is 0 Å². The molecule has 0 saturated carbocycles. The van der Waals surface area contributed by atoms with Crippen LogP contribution < -0.4 is 15.5 Å². The van der Waals surface area contributed by atoms with Gasteiger partial charge in [0.2, 0.25) is 0 Å². The van der Waals surface area contributed by atoms with Crippen LogP contribution in [0.4, 0.5) is 5.69 Å². The number of nitrogens with one attached hydrogen (secondary N) is 2. The molecule has 29 heavy (non-hydrogen) atoms. The van der Waals surface area contributed by atoms with E-state index in [1.807, 2.05) is 0 Å². The lowest BCUT2D eigenvalue weighted by Gasteiger charge is -2.20. The van der Waals surface area contributed by atoms with Crippen molar-refractivity contribution >= 4 is 5.69 Å². The molecule has 0 radical (unpaired) electrons. The number of hydrogen-bond donors (Lipinski definition) is 2. The van der Waals surface area contributed by atoms with E-state index in [2.05, 4.69) is 88.3 Å². The van der Waals surface area contributed by atoms with Crippen molar-refractivity contribution < 1.29 is 0 Å². The Morgan fingerprint density at radius 2 is 1.14 bits per heavy atom.